The van der Waals surface area contributed by atoms with E-state index in [1.165, 1.54) is 0 Å². The molecule has 3 aromatic heterocycles. The summed E-state index contributed by atoms with van der Waals surface area (Å²) in [5, 5.41) is 16.7. The van der Waals surface area contributed by atoms with Crippen molar-refractivity contribution in [3.8, 4) is 17.4 Å². The van der Waals surface area contributed by atoms with Crippen molar-refractivity contribution in [3.05, 3.63) is 193 Å². The molecular formula is C50H29N5O. The van der Waals surface area contributed by atoms with Crippen LogP contribution < -0.4 is 4.90 Å². The van der Waals surface area contributed by atoms with Crippen molar-refractivity contribution in [2.75, 3.05) is 4.90 Å². The Kier molecular flexibility index (Phi) is 6.88. The molecule has 0 fully saturated rings. The Morgan fingerprint density at radius 2 is 1.04 bits per heavy atom. The lowest BCUT2D eigenvalue weighted by Gasteiger charge is -2.25. The van der Waals surface area contributed by atoms with Crippen LogP contribution in [0.2, 0.25) is 0 Å². The van der Waals surface area contributed by atoms with Crippen LogP contribution in [-0.2, 0) is 0 Å². The van der Waals surface area contributed by atoms with E-state index < -0.39 is 0 Å². The van der Waals surface area contributed by atoms with Gasteiger partial charge in [0.05, 0.1) is 57.0 Å². The largest absolute Gasteiger partial charge is 0.455 e. The molecule has 0 saturated heterocycles. The van der Waals surface area contributed by atoms with E-state index in [0.717, 1.165) is 82.6 Å². The molecular weight excluding hydrogens is 687 g/mol. The minimum atomic E-state index is 0.443. The number of nitriles is 1. The summed E-state index contributed by atoms with van der Waals surface area (Å²) in [7, 11) is 0. The van der Waals surface area contributed by atoms with Crippen LogP contribution in [-0.4, -0.2) is 9.13 Å². The van der Waals surface area contributed by atoms with Gasteiger partial charge in [-0.3, -0.25) is 0 Å². The molecule has 0 N–H and O–H groups in total. The van der Waals surface area contributed by atoms with Crippen LogP contribution in [0.5, 0.6) is 0 Å². The number of rotatable bonds is 5. The van der Waals surface area contributed by atoms with Crippen LogP contribution in [0.1, 0.15) is 5.56 Å². The van der Waals surface area contributed by atoms with Crippen molar-refractivity contribution in [1.29, 1.82) is 5.26 Å². The Hall–Kier alpha value is -8.06. The van der Waals surface area contributed by atoms with Crippen LogP contribution in [0, 0.1) is 17.9 Å². The van der Waals surface area contributed by atoms with E-state index in [9.17, 15) is 5.26 Å². The zero-order valence-corrected chi connectivity index (χ0v) is 29.9. The molecule has 260 valence electrons. The molecule has 0 aliphatic heterocycles. The van der Waals surface area contributed by atoms with Gasteiger partial charge in [0.1, 0.15) is 11.2 Å². The summed E-state index contributed by atoms with van der Waals surface area (Å²) in [4.78, 5) is 6.53. The molecule has 0 radical (unpaired) electrons. The second-order valence-corrected chi connectivity index (χ2v) is 13.9. The summed E-state index contributed by atoms with van der Waals surface area (Å²) >= 11 is 0. The maximum Gasteiger partial charge on any atom is 0.234 e. The Morgan fingerprint density at radius 3 is 1.66 bits per heavy atom. The first kappa shape index (κ1) is 31.5. The predicted molar refractivity (Wildman–Crippen MR) is 228 cm³/mol. The molecule has 11 aromatic rings. The molecule has 0 aliphatic carbocycles. The van der Waals surface area contributed by atoms with Gasteiger partial charge < -0.3 is 18.5 Å². The highest BCUT2D eigenvalue weighted by Crippen LogP contribution is 2.46. The molecule has 6 nitrogen and oxygen atoms in total. The molecule has 0 spiro atoms. The molecule has 56 heavy (non-hydrogen) atoms. The fourth-order valence-corrected chi connectivity index (χ4v) is 8.58. The van der Waals surface area contributed by atoms with Gasteiger partial charge in [0, 0.05) is 44.0 Å². The van der Waals surface area contributed by atoms with Gasteiger partial charge >= 0.3 is 0 Å². The third kappa shape index (κ3) is 4.54. The van der Waals surface area contributed by atoms with Crippen molar-refractivity contribution in [2.24, 2.45) is 0 Å². The maximum absolute atomic E-state index is 10.6. The van der Waals surface area contributed by atoms with Crippen LogP contribution >= 0.6 is 0 Å². The van der Waals surface area contributed by atoms with E-state index >= 15 is 0 Å². The van der Waals surface area contributed by atoms with Crippen molar-refractivity contribution >= 4 is 88.3 Å². The molecule has 0 saturated carbocycles. The lowest BCUT2D eigenvalue weighted by Crippen LogP contribution is -2.09. The molecule has 0 atom stereocenters. The van der Waals surface area contributed by atoms with E-state index in [4.69, 9.17) is 11.0 Å². The van der Waals surface area contributed by atoms with Crippen LogP contribution in [0.15, 0.2) is 180 Å². The minimum absolute atomic E-state index is 0.443. The molecule has 3 heterocycles. The highest BCUT2D eigenvalue weighted by Gasteiger charge is 2.25. The average molecular weight is 716 g/mol. The van der Waals surface area contributed by atoms with Crippen molar-refractivity contribution in [3.63, 3.8) is 0 Å². The standard InChI is InChI=1S/C50H29N5O/c1-52-49-45(54-41-21-11-8-18-36(41)37-19-9-12-22-42(37)54)28-32(31-51)29-46(49)55-43-26-24-35(53(33-14-4-2-5-15-33)34-16-6-3-7-17-34)30-40(43)48-44(55)27-25-39-38-20-10-13-23-47(38)56-50(39)48/h2-30H. The van der Waals surface area contributed by atoms with E-state index in [1.54, 1.807) is 0 Å². The molecule has 6 heteroatoms. The summed E-state index contributed by atoms with van der Waals surface area (Å²) in [5.74, 6) is 0. The number of anilines is 3. The van der Waals surface area contributed by atoms with Crippen LogP contribution in [0.4, 0.5) is 22.7 Å². The first-order valence-corrected chi connectivity index (χ1v) is 18.4. The van der Waals surface area contributed by atoms with Gasteiger partial charge in [0.25, 0.3) is 0 Å². The molecule has 0 unspecified atom stereocenters. The number of hydrogen-bond acceptors (Lipinski definition) is 3. The number of hydrogen-bond donors (Lipinski definition) is 0. The second-order valence-electron chi connectivity index (χ2n) is 13.9. The number of furan rings is 1. The quantitative estimate of drug-likeness (QED) is 0.167. The Bertz CT molecular complexity index is 3360. The fourth-order valence-electron chi connectivity index (χ4n) is 8.58. The first-order valence-electron chi connectivity index (χ1n) is 18.4. The number of fused-ring (bicyclic) bond motifs is 10. The van der Waals surface area contributed by atoms with E-state index in [1.807, 2.05) is 66.7 Å². The Morgan fingerprint density at radius 1 is 0.500 bits per heavy atom. The predicted octanol–water partition coefficient (Wildman–Crippen LogP) is 13.7. The summed E-state index contributed by atoms with van der Waals surface area (Å²) < 4.78 is 11.0. The number of aromatic nitrogens is 2. The lowest BCUT2D eigenvalue weighted by molar-refractivity contribution is 0.673. The highest BCUT2D eigenvalue weighted by atomic mass is 16.3. The lowest BCUT2D eigenvalue weighted by atomic mass is 10.1. The minimum Gasteiger partial charge on any atom is -0.455 e. The second kappa shape index (κ2) is 12.2. The number of nitrogens with zero attached hydrogens (tertiary/aromatic N) is 5. The highest BCUT2D eigenvalue weighted by molar-refractivity contribution is 6.24. The zero-order valence-electron chi connectivity index (χ0n) is 29.9. The number of para-hydroxylation sites is 5. The summed E-state index contributed by atoms with van der Waals surface area (Å²) in [6, 6.07) is 62.2. The smallest absolute Gasteiger partial charge is 0.234 e. The van der Waals surface area contributed by atoms with E-state index in [-0.39, 0.29) is 0 Å². The first-order chi connectivity index (χ1) is 27.7. The molecule has 11 rings (SSSR count). The molecule has 0 aliphatic rings. The monoisotopic (exact) mass is 715 g/mol. The molecule has 0 bridgehead atoms. The van der Waals surface area contributed by atoms with Gasteiger partial charge in [-0.15, -0.1) is 0 Å². The summed E-state index contributed by atoms with van der Waals surface area (Å²) in [5.41, 5.74) is 10.5. The van der Waals surface area contributed by atoms with Crippen LogP contribution in [0.25, 0.3) is 81.8 Å². The third-order valence-electron chi connectivity index (χ3n) is 10.9. The maximum atomic E-state index is 10.6. The molecule has 0 amide bonds. The van der Waals surface area contributed by atoms with Gasteiger partial charge in [-0.2, -0.15) is 5.26 Å². The zero-order chi connectivity index (χ0) is 37.3. The van der Waals surface area contributed by atoms with Gasteiger partial charge in [-0.25, -0.2) is 4.85 Å². The van der Waals surface area contributed by atoms with Gasteiger partial charge in [-0.1, -0.05) is 91.0 Å². The fraction of sp³-hybridized carbons (Fsp3) is 0. The summed E-state index contributed by atoms with van der Waals surface area (Å²) in [6.45, 7) is 8.77. The normalized spacial score (nSPS) is 11.5. The van der Waals surface area contributed by atoms with Crippen LogP contribution in [0.3, 0.4) is 0 Å². The van der Waals surface area contributed by atoms with Gasteiger partial charge in [-0.05, 0) is 84.9 Å². The summed E-state index contributed by atoms with van der Waals surface area (Å²) in [6.07, 6.45) is 0. The van der Waals surface area contributed by atoms with Gasteiger partial charge in [0.15, 0.2) is 0 Å². The van der Waals surface area contributed by atoms with Gasteiger partial charge in [0.2, 0.25) is 5.69 Å². The molecule has 8 aromatic carbocycles. The third-order valence-corrected chi connectivity index (χ3v) is 10.9. The van der Waals surface area contributed by atoms with Crippen molar-refractivity contribution in [2.45, 2.75) is 0 Å². The van der Waals surface area contributed by atoms with Crippen molar-refractivity contribution in [1.82, 2.24) is 9.13 Å². The van der Waals surface area contributed by atoms with E-state index in [0.29, 0.717) is 22.6 Å². The SMILES string of the molecule is [C-]#[N+]c1c(-n2c3ccccc3c3ccccc32)cc(C#N)cc1-n1c2ccc(N(c3ccccc3)c3ccccc3)cc2c2c3oc4ccccc4c3ccc21. The Labute approximate surface area is 321 Å². The van der Waals surface area contributed by atoms with E-state index in [2.05, 4.69) is 134 Å². The average Bonchev–Trinajstić information content (AvgIpc) is 3.91. The Balaban J connectivity index is 1.27. The van der Waals surface area contributed by atoms with Crippen molar-refractivity contribution < 1.29 is 4.42 Å². The topological polar surface area (TPSA) is 54.4 Å². The number of benzene rings is 8.